The van der Waals surface area contributed by atoms with Gasteiger partial charge in [-0.2, -0.15) is 0 Å². The van der Waals surface area contributed by atoms with Gasteiger partial charge < -0.3 is 15.4 Å². The van der Waals surface area contributed by atoms with E-state index in [2.05, 4.69) is 41.4 Å². The van der Waals surface area contributed by atoms with Gasteiger partial charge in [0.05, 0.1) is 12.8 Å². The van der Waals surface area contributed by atoms with Crippen molar-refractivity contribution in [2.24, 2.45) is 0 Å². The van der Waals surface area contributed by atoms with Crippen LogP contribution in [0.3, 0.4) is 0 Å². The van der Waals surface area contributed by atoms with Crippen molar-refractivity contribution in [3.05, 3.63) is 36.2 Å². The van der Waals surface area contributed by atoms with E-state index >= 15 is 0 Å². The molecule has 2 rings (SSSR count). The van der Waals surface area contributed by atoms with E-state index in [4.69, 9.17) is 4.74 Å². The second-order valence-electron chi connectivity index (χ2n) is 5.79. The van der Waals surface area contributed by atoms with Gasteiger partial charge in [-0.15, -0.1) is 0 Å². The van der Waals surface area contributed by atoms with Crippen LogP contribution in [0.25, 0.3) is 0 Å². The van der Waals surface area contributed by atoms with Gasteiger partial charge in [-0.3, -0.25) is 0 Å². The molecular weight excluding hydrogens is 264 g/mol. The number of hydrogen-bond acceptors (Lipinski definition) is 5. The van der Waals surface area contributed by atoms with Crippen molar-refractivity contribution < 1.29 is 4.74 Å². The second kappa shape index (κ2) is 5.99. The van der Waals surface area contributed by atoms with Crippen LogP contribution in [0.5, 0.6) is 5.75 Å². The SMILES string of the molecule is CNc1cc(Nc2ccccc2OC)nc(C(C)(C)C)n1. The van der Waals surface area contributed by atoms with Crippen molar-refractivity contribution in [3.63, 3.8) is 0 Å². The standard InChI is InChI=1S/C16H22N4O/c1-16(2,3)15-19-13(17-4)10-14(20-15)18-11-8-6-7-9-12(11)21-5/h6-10H,1-5H3,(H2,17,18,19,20). The zero-order chi connectivity index (χ0) is 15.5. The molecule has 0 bridgehead atoms. The topological polar surface area (TPSA) is 59.1 Å². The number of aromatic nitrogens is 2. The predicted octanol–water partition coefficient (Wildman–Crippen LogP) is 3.57. The summed E-state index contributed by atoms with van der Waals surface area (Å²) in [6.45, 7) is 6.28. The molecular formula is C16H22N4O. The number of para-hydroxylation sites is 2. The van der Waals surface area contributed by atoms with Crippen LogP contribution in [0.1, 0.15) is 26.6 Å². The van der Waals surface area contributed by atoms with Gasteiger partial charge in [0.1, 0.15) is 23.2 Å². The molecule has 0 atom stereocenters. The van der Waals surface area contributed by atoms with Gasteiger partial charge >= 0.3 is 0 Å². The van der Waals surface area contributed by atoms with E-state index in [1.165, 1.54) is 0 Å². The largest absolute Gasteiger partial charge is 0.495 e. The van der Waals surface area contributed by atoms with Crippen molar-refractivity contribution in [1.29, 1.82) is 0 Å². The number of rotatable bonds is 4. The molecule has 0 radical (unpaired) electrons. The monoisotopic (exact) mass is 286 g/mol. The maximum Gasteiger partial charge on any atom is 0.142 e. The fourth-order valence-corrected chi connectivity index (χ4v) is 1.86. The summed E-state index contributed by atoms with van der Waals surface area (Å²) >= 11 is 0. The summed E-state index contributed by atoms with van der Waals surface area (Å²) in [7, 11) is 3.50. The lowest BCUT2D eigenvalue weighted by molar-refractivity contribution is 0.417. The van der Waals surface area contributed by atoms with Crippen LogP contribution in [0, 0.1) is 0 Å². The Bertz CT molecular complexity index is 620. The van der Waals surface area contributed by atoms with E-state index in [0.29, 0.717) is 0 Å². The lowest BCUT2D eigenvalue weighted by Crippen LogP contribution is -2.17. The Hall–Kier alpha value is -2.30. The minimum absolute atomic E-state index is 0.121. The van der Waals surface area contributed by atoms with E-state index in [9.17, 15) is 0 Å². The molecule has 0 fully saturated rings. The molecule has 5 nitrogen and oxygen atoms in total. The van der Waals surface area contributed by atoms with E-state index in [-0.39, 0.29) is 5.41 Å². The van der Waals surface area contributed by atoms with Crippen LogP contribution in [-0.2, 0) is 5.41 Å². The third-order valence-electron chi connectivity index (χ3n) is 3.02. The molecule has 0 aliphatic carbocycles. The first-order chi connectivity index (χ1) is 9.94. The first-order valence-electron chi connectivity index (χ1n) is 6.91. The molecule has 0 unspecified atom stereocenters. The molecule has 2 aromatic rings. The van der Waals surface area contributed by atoms with Crippen molar-refractivity contribution in [2.75, 3.05) is 24.8 Å². The maximum atomic E-state index is 5.35. The fourth-order valence-electron chi connectivity index (χ4n) is 1.86. The number of nitrogens with zero attached hydrogens (tertiary/aromatic N) is 2. The Morgan fingerprint density at radius 1 is 1.05 bits per heavy atom. The molecule has 0 spiro atoms. The molecule has 1 aromatic carbocycles. The first kappa shape index (κ1) is 15.1. The summed E-state index contributed by atoms with van der Waals surface area (Å²) < 4.78 is 5.35. The third-order valence-corrected chi connectivity index (χ3v) is 3.02. The predicted molar refractivity (Wildman–Crippen MR) is 86.6 cm³/mol. The summed E-state index contributed by atoms with van der Waals surface area (Å²) in [5.41, 5.74) is 0.755. The van der Waals surface area contributed by atoms with Gasteiger partial charge in [0.2, 0.25) is 0 Å². The average Bonchev–Trinajstić information content (AvgIpc) is 2.46. The molecule has 21 heavy (non-hydrogen) atoms. The molecule has 5 heteroatoms. The number of benzene rings is 1. The van der Waals surface area contributed by atoms with Gasteiger partial charge in [-0.05, 0) is 12.1 Å². The molecule has 0 aliphatic rings. The summed E-state index contributed by atoms with van der Waals surface area (Å²) in [5, 5.41) is 6.37. The van der Waals surface area contributed by atoms with Gasteiger partial charge in [0, 0.05) is 18.5 Å². The Balaban J connectivity index is 2.39. The highest BCUT2D eigenvalue weighted by Gasteiger charge is 2.19. The zero-order valence-electron chi connectivity index (χ0n) is 13.2. The molecule has 0 aliphatic heterocycles. The number of nitrogens with one attached hydrogen (secondary N) is 2. The van der Waals surface area contributed by atoms with Crippen LogP contribution in [-0.4, -0.2) is 24.1 Å². The van der Waals surface area contributed by atoms with Crippen molar-refractivity contribution in [1.82, 2.24) is 9.97 Å². The van der Waals surface area contributed by atoms with Crippen molar-refractivity contribution >= 4 is 17.3 Å². The number of ether oxygens (including phenoxy) is 1. The molecule has 1 aromatic heterocycles. The summed E-state index contributed by atoms with van der Waals surface area (Å²) in [6, 6.07) is 9.63. The van der Waals surface area contributed by atoms with Gasteiger partial charge in [-0.1, -0.05) is 32.9 Å². The minimum atomic E-state index is -0.121. The maximum absolute atomic E-state index is 5.35. The molecule has 1 heterocycles. The Labute approximate surface area is 125 Å². The Kier molecular flexibility index (Phi) is 4.31. The highest BCUT2D eigenvalue weighted by Crippen LogP contribution is 2.28. The fraction of sp³-hybridized carbons (Fsp3) is 0.375. The number of hydrogen-bond donors (Lipinski definition) is 2. The van der Waals surface area contributed by atoms with E-state index in [0.717, 1.165) is 28.9 Å². The number of methoxy groups -OCH3 is 1. The van der Waals surface area contributed by atoms with Crippen LogP contribution >= 0.6 is 0 Å². The Morgan fingerprint density at radius 3 is 2.33 bits per heavy atom. The van der Waals surface area contributed by atoms with E-state index in [1.54, 1.807) is 7.11 Å². The normalized spacial score (nSPS) is 11.1. The second-order valence-corrected chi connectivity index (χ2v) is 5.79. The highest BCUT2D eigenvalue weighted by molar-refractivity contribution is 5.65. The lowest BCUT2D eigenvalue weighted by Gasteiger charge is -2.19. The highest BCUT2D eigenvalue weighted by atomic mass is 16.5. The van der Waals surface area contributed by atoms with Crippen LogP contribution in [0.15, 0.2) is 30.3 Å². The molecule has 112 valence electrons. The average molecular weight is 286 g/mol. The minimum Gasteiger partial charge on any atom is -0.495 e. The summed E-state index contributed by atoms with van der Waals surface area (Å²) in [5.74, 6) is 3.09. The van der Waals surface area contributed by atoms with Crippen LogP contribution in [0.4, 0.5) is 17.3 Å². The van der Waals surface area contributed by atoms with Crippen molar-refractivity contribution in [3.8, 4) is 5.75 Å². The molecule has 2 N–H and O–H groups in total. The molecule has 0 amide bonds. The van der Waals surface area contributed by atoms with Crippen molar-refractivity contribution in [2.45, 2.75) is 26.2 Å². The van der Waals surface area contributed by atoms with Gasteiger partial charge in [0.15, 0.2) is 0 Å². The number of anilines is 3. The van der Waals surface area contributed by atoms with Crippen LogP contribution in [0.2, 0.25) is 0 Å². The van der Waals surface area contributed by atoms with Crippen LogP contribution < -0.4 is 15.4 Å². The summed E-state index contributed by atoms with van der Waals surface area (Å²) in [4.78, 5) is 9.12. The zero-order valence-corrected chi connectivity index (χ0v) is 13.2. The van der Waals surface area contributed by atoms with E-state index < -0.39 is 0 Å². The smallest absolute Gasteiger partial charge is 0.142 e. The summed E-state index contributed by atoms with van der Waals surface area (Å²) in [6.07, 6.45) is 0. The Morgan fingerprint density at radius 2 is 1.71 bits per heavy atom. The first-order valence-corrected chi connectivity index (χ1v) is 6.91. The quantitative estimate of drug-likeness (QED) is 0.900. The lowest BCUT2D eigenvalue weighted by atomic mass is 9.96. The molecule has 0 saturated carbocycles. The third kappa shape index (κ3) is 3.62. The van der Waals surface area contributed by atoms with Gasteiger partial charge in [-0.25, -0.2) is 9.97 Å². The van der Waals surface area contributed by atoms with Gasteiger partial charge in [0.25, 0.3) is 0 Å². The molecule has 0 saturated heterocycles. The van der Waals surface area contributed by atoms with E-state index in [1.807, 2.05) is 37.4 Å².